The number of hydrogen-bond acceptors (Lipinski definition) is 6. The Labute approximate surface area is 163 Å². The molecule has 1 aliphatic heterocycles. The molecule has 0 spiro atoms. The van der Waals surface area contributed by atoms with Crippen LogP contribution in [0.1, 0.15) is 5.56 Å². The summed E-state index contributed by atoms with van der Waals surface area (Å²) < 4.78 is 13.9. The van der Waals surface area contributed by atoms with Crippen LogP contribution in [-0.4, -0.2) is 26.5 Å². The summed E-state index contributed by atoms with van der Waals surface area (Å²) in [5.74, 6) is 3.07. The second-order valence-electron chi connectivity index (χ2n) is 5.53. The van der Waals surface area contributed by atoms with Gasteiger partial charge in [0.25, 0.3) is 0 Å². The third-order valence-electron chi connectivity index (χ3n) is 3.87. The van der Waals surface area contributed by atoms with Crippen molar-refractivity contribution in [2.45, 2.75) is 17.5 Å². The van der Waals surface area contributed by atoms with E-state index < -0.39 is 0 Å². The Morgan fingerprint density at radius 1 is 1.19 bits per heavy atom. The molecule has 0 atom stereocenters. The van der Waals surface area contributed by atoms with Gasteiger partial charge in [0.1, 0.15) is 0 Å². The molecule has 3 aromatic rings. The molecular weight excluding hydrogens is 416 g/mol. The van der Waals surface area contributed by atoms with Crippen LogP contribution >= 0.6 is 27.7 Å². The van der Waals surface area contributed by atoms with Crippen LogP contribution in [0.2, 0.25) is 0 Å². The van der Waals surface area contributed by atoms with Gasteiger partial charge in [0.15, 0.2) is 22.5 Å². The Bertz CT molecular complexity index is 946. The van der Waals surface area contributed by atoms with Gasteiger partial charge in [0, 0.05) is 34.7 Å². The van der Waals surface area contributed by atoms with E-state index in [0.29, 0.717) is 6.54 Å². The van der Waals surface area contributed by atoms with Crippen LogP contribution in [0.5, 0.6) is 11.5 Å². The Kier molecular flexibility index (Phi) is 4.94. The first-order valence-electron chi connectivity index (χ1n) is 7.91. The first-order valence-corrected chi connectivity index (χ1v) is 9.69. The average molecular weight is 431 g/mol. The van der Waals surface area contributed by atoms with Gasteiger partial charge < -0.3 is 9.47 Å². The Hall–Kier alpha value is -2.32. The minimum Gasteiger partial charge on any atom is -0.454 e. The summed E-state index contributed by atoms with van der Waals surface area (Å²) >= 11 is 5.21. The van der Waals surface area contributed by atoms with Crippen LogP contribution in [0, 0.1) is 0 Å². The van der Waals surface area contributed by atoms with Crippen molar-refractivity contribution in [3.8, 4) is 22.9 Å². The maximum Gasteiger partial charge on any atom is 0.231 e. The van der Waals surface area contributed by atoms with E-state index in [2.05, 4.69) is 37.7 Å². The summed E-state index contributed by atoms with van der Waals surface area (Å²) in [7, 11) is 0. The number of benzene rings is 1. The number of aromatic nitrogens is 4. The van der Waals surface area contributed by atoms with Crippen LogP contribution in [0.15, 0.2) is 58.9 Å². The molecule has 0 fully saturated rings. The van der Waals surface area contributed by atoms with Crippen molar-refractivity contribution in [2.75, 3.05) is 6.79 Å². The van der Waals surface area contributed by atoms with Crippen LogP contribution in [0.4, 0.5) is 0 Å². The highest BCUT2D eigenvalue weighted by atomic mass is 79.9. The lowest BCUT2D eigenvalue weighted by atomic mass is 10.2. The molecule has 0 saturated heterocycles. The van der Waals surface area contributed by atoms with E-state index in [-0.39, 0.29) is 6.79 Å². The summed E-state index contributed by atoms with van der Waals surface area (Å²) in [5, 5.41) is 9.56. The Balaban J connectivity index is 1.59. The van der Waals surface area contributed by atoms with Crippen LogP contribution in [-0.2, 0) is 12.3 Å². The standard InChI is InChI=1S/C18H15BrN4O2S/c1-2-7-23-17(12-3-5-20-6-4-12)21-22-18(23)26-10-13-8-15-16(9-14(13)19)25-11-24-15/h2-6,8-9H,1,7,10-11H2. The molecule has 1 aliphatic rings. The molecule has 8 heteroatoms. The molecule has 4 rings (SSSR count). The molecule has 132 valence electrons. The molecule has 26 heavy (non-hydrogen) atoms. The number of rotatable bonds is 6. The summed E-state index contributed by atoms with van der Waals surface area (Å²) in [6, 6.07) is 7.78. The van der Waals surface area contributed by atoms with E-state index in [1.165, 1.54) is 0 Å². The largest absolute Gasteiger partial charge is 0.454 e. The quantitative estimate of drug-likeness (QED) is 0.428. The lowest BCUT2D eigenvalue weighted by Crippen LogP contribution is -2.00. The zero-order valence-corrected chi connectivity index (χ0v) is 16.2. The van der Waals surface area contributed by atoms with Gasteiger partial charge in [-0.2, -0.15) is 0 Å². The fraction of sp³-hybridized carbons (Fsp3) is 0.167. The number of halogens is 1. The molecule has 0 radical (unpaired) electrons. The highest BCUT2D eigenvalue weighted by Gasteiger charge is 2.18. The van der Waals surface area contributed by atoms with E-state index in [1.807, 2.05) is 34.9 Å². The summed E-state index contributed by atoms with van der Waals surface area (Å²) in [5.41, 5.74) is 2.09. The lowest BCUT2D eigenvalue weighted by Gasteiger charge is -2.09. The molecule has 0 amide bonds. The van der Waals surface area contributed by atoms with Crippen molar-refractivity contribution in [1.82, 2.24) is 19.7 Å². The van der Waals surface area contributed by atoms with Crippen LogP contribution < -0.4 is 9.47 Å². The summed E-state index contributed by atoms with van der Waals surface area (Å²) in [6.07, 6.45) is 5.34. The van der Waals surface area contributed by atoms with Crippen molar-refractivity contribution >= 4 is 27.7 Å². The lowest BCUT2D eigenvalue weighted by molar-refractivity contribution is 0.174. The third kappa shape index (κ3) is 3.34. The normalized spacial score (nSPS) is 12.3. The fourth-order valence-corrected chi connectivity index (χ4v) is 4.20. The SMILES string of the molecule is C=CCn1c(SCc2cc3c(cc2Br)OCO3)nnc1-c1ccncc1. The molecule has 0 N–H and O–H groups in total. The predicted molar refractivity (Wildman–Crippen MR) is 103 cm³/mol. The van der Waals surface area contributed by atoms with Gasteiger partial charge in [-0.1, -0.05) is 33.8 Å². The van der Waals surface area contributed by atoms with Crippen LogP contribution in [0.25, 0.3) is 11.4 Å². The molecule has 0 saturated carbocycles. The van der Waals surface area contributed by atoms with E-state index in [0.717, 1.165) is 43.8 Å². The minimum atomic E-state index is 0.265. The zero-order valence-electron chi connectivity index (χ0n) is 13.8. The zero-order chi connectivity index (χ0) is 17.9. The number of hydrogen-bond donors (Lipinski definition) is 0. The molecular formula is C18H15BrN4O2S. The molecule has 0 aliphatic carbocycles. The average Bonchev–Trinajstić information content (AvgIpc) is 3.27. The van der Waals surface area contributed by atoms with Gasteiger partial charge in [-0.05, 0) is 29.8 Å². The van der Waals surface area contributed by atoms with Gasteiger partial charge in [-0.25, -0.2) is 0 Å². The van der Waals surface area contributed by atoms with Crippen molar-refractivity contribution in [2.24, 2.45) is 0 Å². The molecule has 1 aromatic carbocycles. The van der Waals surface area contributed by atoms with E-state index >= 15 is 0 Å². The highest BCUT2D eigenvalue weighted by molar-refractivity contribution is 9.10. The number of allylic oxidation sites excluding steroid dienone is 1. The second kappa shape index (κ2) is 7.51. The van der Waals surface area contributed by atoms with Gasteiger partial charge in [0.2, 0.25) is 6.79 Å². The van der Waals surface area contributed by atoms with Crippen molar-refractivity contribution < 1.29 is 9.47 Å². The van der Waals surface area contributed by atoms with Gasteiger partial charge in [0.05, 0.1) is 0 Å². The molecule has 6 nitrogen and oxygen atoms in total. The monoisotopic (exact) mass is 430 g/mol. The molecule has 2 aromatic heterocycles. The van der Waals surface area contributed by atoms with Gasteiger partial charge in [-0.3, -0.25) is 9.55 Å². The minimum absolute atomic E-state index is 0.265. The van der Waals surface area contributed by atoms with Crippen molar-refractivity contribution in [3.63, 3.8) is 0 Å². The Morgan fingerprint density at radius 2 is 1.96 bits per heavy atom. The van der Waals surface area contributed by atoms with Crippen LogP contribution in [0.3, 0.4) is 0 Å². The molecule has 0 bridgehead atoms. The molecule has 0 unspecified atom stereocenters. The predicted octanol–water partition coefficient (Wildman–Crippen LogP) is 4.31. The molecule has 3 heterocycles. The third-order valence-corrected chi connectivity index (χ3v) is 5.62. The number of ether oxygens (including phenoxy) is 2. The number of nitrogens with zero attached hydrogens (tertiary/aromatic N) is 4. The first-order chi connectivity index (χ1) is 12.8. The topological polar surface area (TPSA) is 62.1 Å². The first kappa shape index (κ1) is 17.1. The number of thioether (sulfide) groups is 1. The summed E-state index contributed by atoms with van der Waals surface area (Å²) in [6.45, 7) is 4.75. The van der Waals surface area contributed by atoms with E-state index in [4.69, 9.17) is 9.47 Å². The fourth-order valence-electron chi connectivity index (χ4n) is 2.62. The van der Waals surface area contributed by atoms with Crippen molar-refractivity contribution in [3.05, 3.63) is 59.4 Å². The van der Waals surface area contributed by atoms with Gasteiger partial charge in [-0.15, -0.1) is 16.8 Å². The smallest absolute Gasteiger partial charge is 0.231 e. The maximum atomic E-state index is 5.47. The highest BCUT2D eigenvalue weighted by Crippen LogP contribution is 2.39. The van der Waals surface area contributed by atoms with Gasteiger partial charge >= 0.3 is 0 Å². The number of pyridine rings is 1. The van der Waals surface area contributed by atoms with Crippen molar-refractivity contribution in [1.29, 1.82) is 0 Å². The second-order valence-corrected chi connectivity index (χ2v) is 7.32. The van der Waals surface area contributed by atoms with E-state index in [1.54, 1.807) is 24.2 Å². The number of fused-ring (bicyclic) bond motifs is 1. The van der Waals surface area contributed by atoms with E-state index in [9.17, 15) is 0 Å². The maximum absolute atomic E-state index is 5.47. The summed E-state index contributed by atoms with van der Waals surface area (Å²) in [4.78, 5) is 4.06. The Morgan fingerprint density at radius 3 is 2.73 bits per heavy atom.